The third kappa shape index (κ3) is 4.23. The molecule has 1 aromatic carbocycles. The molecule has 0 radical (unpaired) electrons. The highest BCUT2D eigenvalue weighted by atomic mass is 19.1. The maximum Gasteiger partial charge on any atom is 0.228 e. The number of likely N-dealkylation sites (N-methyl/N-ethyl adjacent to an activating group) is 1. The summed E-state index contributed by atoms with van der Waals surface area (Å²) in [6.07, 6.45) is 1.81. The molecule has 2 aromatic rings. The molecular formula is C20H24F2N4O2. The standard InChI is InChI=1S/C20H24F2N4O2/c1-14-9-18(28-17-11-15(21)10-16(22)12-17)24-19(23-14)26-5-3-20(4-6-26)13-25(2)7-8-27-20/h9-12H,3-8,13H2,1-2H3. The van der Waals surface area contributed by atoms with Gasteiger partial charge in [0.25, 0.3) is 0 Å². The van der Waals surface area contributed by atoms with E-state index in [1.165, 1.54) is 0 Å². The van der Waals surface area contributed by atoms with Crippen molar-refractivity contribution in [3.05, 3.63) is 41.6 Å². The van der Waals surface area contributed by atoms with Gasteiger partial charge in [0.05, 0.1) is 12.2 Å². The first-order chi connectivity index (χ1) is 13.4. The fourth-order valence-electron chi connectivity index (χ4n) is 3.88. The second-order valence-electron chi connectivity index (χ2n) is 7.61. The predicted octanol–water partition coefficient (Wildman–Crippen LogP) is 3.16. The van der Waals surface area contributed by atoms with Gasteiger partial charge in [-0.15, -0.1) is 0 Å². The van der Waals surface area contributed by atoms with Crippen molar-refractivity contribution in [3.8, 4) is 11.6 Å². The molecular weight excluding hydrogens is 366 g/mol. The molecule has 0 saturated carbocycles. The summed E-state index contributed by atoms with van der Waals surface area (Å²) < 4.78 is 38.5. The number of hydrogen-bond donors (Lipinski definition) is 0. The fourth-order valence-corrected chi connectivity index (χ4v) is 3.88. The fraction of sp³-hybridized carbons (Fsp3) is 0.500. The molecule has 2 aliphatic heterocycles. The number of piperidine rings is 1. The molecule has 6 nitrogen and oxygen atoms in total. The Morgan fingerprint density at radius 1 is 1.04 bits per heavy atom. The van der Waals surface area contributed by atoms with Gasteiger partial charge in [-0.25, -0.2) is 13.8 Å². The van der Waals surface area contributed by atoms with E-state index in [9.17, 15) is 8.78 Å². The minimum atomic E-state index is -0.695. The maximum absolute atomic E-state index is 13.4. The summed E-state index contributed by atoms with van der Waals surface area (Å²) in [6.45, 7) is 6.08. The summed E-state index contributed by atoms with van der Waals surface area (Å²) >= 11 is 0. The number of rotatable bonds is 3. The molecule has 2 saturated heterocycles. The lowest BCUT2D eigenvalue weighted by molar-refractivity contribution is -0.115. The van der Waals surface area contributed by atoms with Gasteiger partial charge in [0, 0.05) is 56.1 Å². The highest BCUT2D eigenvalue weighted by Gasteiger charge is 2.39. The van der Waals surface area contributed by atoms with E-state index in [0.717, 1.165) is 69.5 Å². The molecule has 0 N–H and O–H groups in total. The van der Waals surface area contributed by atoms with Crippen molar-refractivity contribution in [2.45, 2.75) is 25.4 Å². The van der Waals surface area contributed by atoms with Crippen LogP contribution >= 0.6 is 0 Å². The van der Waals surface area contributed by atoms with Crippen LogP contribution in [0, 0.1) is 18.6 Å². The highest BCUT2D eigenvalue weighted by molar-refractivity contribution is 5.37. The lowest BCUT2D eigenvalue weighted by Gasteiger charge is -2.46. The van der Waals surface area contributed by atoms with Gasteiger partial charge in [0.15, 0.2) is 0 Å². The minimum Gasteiger partial charge on any atom is -0.439 e. The average Bonchev–Trinajstić information content (AvgIpc) is 2.61. The van der Waals surface area contributed by atoms with Crippen molar-refractivity contribution in [3.63, 3.8) is 0 Å². The minimum absolute atomic E-state index is 0.0674. The number of hydrogen-bond acceptors (Lipinski definition) is 6. The van der Waals surface area contributed by atoms with E-state index in [0.29, 0.717) is 5.95 Å². The van der Waals surface area contributed by atoms with Gasteiger partial charge in [0.2, 0.25) is 11.8 Å². The predicted molar refractivity (Wildman–Crippen MR) is 101 cm³/mol. The molecule has 150 valence electrons. The van der Waals surface area contributed by atoms with Crippen LogP contribution in [0.25, 0.3) is 0 Å². The number of ether oxygens (including phenoxy) is 2. The third-order valence-electron chi connectivity index (χ3n) is 5.27. The first kappa shape index (κ1) is 19.0. The summed E-state index contributed by atoms with van der Waals surface area (Å²) in [5.74, 6) is -0.496. The lowest BCUT2D eigenvalue weighted by atomic mass is 9.89. The molecule has 0 aliphatic carbocycles. The van der Waals surface area contributed by atoms with Crippen molar-refractivity contribution in [2.75, 3.05) is 44.7 Å². The maximum atomic E-state index is 13.4. The van der Waals surface area contributed by atoms with Crippen LogP contribution < -0.4 is 9.64 Å². The van der Waals surface area contributed by atoms with Crippen LogP contribution in [0.3, 0.4) is 0 Å². The van der Waals surface area contributed by atoms with Gasteiger partial charge in [-0.2, -0.15) is 4.98 Å². The normalized spacial score (nSPS) is 19.8. The molecule has 0 unspecified atom stereocenters. The Hall–Kier alpha value is -2.32. The Balaban J connectivity index is 1.48. The second kappa shape index (κ2) is 7.60. The Bertz CT molecular complexity index is 836. The smallest absolute Gasteiger partial charge is 0.228 e. The van der Waals surface area contributed by atoms with E-state index in [2.05, 4.69) is 26.8 Å². The molecule has 3 heterocycles. The first-order valence-electron chi connectivity index (χ1n) is 9.48. The number of morpholine rings is 1. The average molecular weight is 390 g/mol. The number of aromatic nitrogens is 2. The zero-order valence-corrected chi connectivity index (χ0v) is 16.1. The third-order valence-corrected chi connectivity index (χ3v) is 5.27. The van der Waals surface area contributed by atoms with E-state index >= 15 is 0 Å². The van der Waals surface area contributed by atoms with Crippen LogP contribution in [0.2, 0.25) is 0 Å². The van der Waals surface area contributed by atoms with Crippen LogP contribution in [0.15, 0.2) is 24.3 Å². The van der Waals surface area contributed by atoms with E-state index in [1.807, 2.05) is 6.92 Å². The number of nitrogens with zero attached hydrogens (tertiary/aromatic N) is 4. The van der Waals surface area contributed by atoms with Crippen molar-refractivity contribution in [1.82, 2.24) is 14.9 Å². The van der Waals surface area contributed by atoms with Gasteiger partial charge in [-0.1, -0.05) is 0 Å². The number of halogens is 2. The molecule has 0 bridgehead atoms. The van der Waals surface area contributed by atoms with E-state index < -0.39 is 11.6 Å². The van der Waals surface area contributed by atoms with Crippen molar-refractivity contribution in [1.29, 1.82) is 0 Å². The molecule has 1 spiro atoms. The summed E-state index contributed by atoms with van der Waals surface area (Å²) in [6, 6.07) is 4.71. The van der Waals surface area contributed by atoms with Gasteiger partial charge in [-0.3, -0.25) is 0 Å². The summed E-state index contributed by atoms with van der Waals surface area (Å²) in [7, 11) is 2.12. The van der Waals surface area contributed by atoms with Crippen LogP contribution in [-0.4, -0.2) is 60.3 Å². The molecule has 0 amide bonds. The topological polar surface area (TPSA) is 50.7 Å². The number of anilines is 1. The van der Waals surface area contributed by atoms with E-state index in [1.54, 1.807) is 6.07 Å². The quantitative estimate of drug-likeness (QED) is 0.803. The van der Waals surface area contributed by atoms with Crippen LogP contribution in [0.5, 0.6) is 11.6 Å². The monoisotopic (exact) mass is 390 g/mol. The van der Waals surface area contributed by atoms with Crippen molar-refractivity contribution < 1.29 is 18.3 Å². The molecule has 2 aliphatic rings. The molecule has 8 heteroatoms. The van der Waals surface area contributed by atoms with Crippen molar-refractivity contribution in [2.24, 2.45) is 0 Å². The summed E-state index contributed by atoms with van der Waals surface area (Å²) in [4.78, 5) is 13.4. The van der Waals surface area contributed by atoms with Crippen LogP contribution in [0.1, 0.15) is 18.5 Å². The van der Waals surface area contributed by atoms with Crippen LogP contribution in [0.4, 0.5) is 14.7 Å². The SMILES string of the molecule is Cc1cc(Oc2cc(F)cc(F)c2)nc(N2CCC3(CC2)CN(C)CCO3)n1. The Morgan fingerprint density at radius 2 is 1.75 bits per heavy atom. The zero-order chi connectivity index (χ0) is 19.7. The Morgan fingerprint density at radius 3 is 2.43 bits per heavy atom. The van der Waals surface area contributed by atoms with E-state index in [4.69, 9.17) is 9.47 Å². The molecule has 4 rings (SSSR count). The molecule has 0 atom stereocenters. The van der Waals surface area contributed by atoms with E-state index in [-0.39, 0.29) is 17.2 Å². The Kier molecular flexibility index (Phi) is 5.16. The molecule has 28 heavy (non-hydrogen) atoms. The zero-order valence-electron chi connectivity index (χ0n) is 16.1. The number of aryl methyl sites for hydroxylation is 1. The number of benzene rings is 1. The first-order valence-corrected chi connectivity index (χ1v) is 9.48. The van der Waals surface area contributed by atoms with Gasteiger partial charge in [-0.05, 0) is 26.8 Å². The van der Waals surface area contributed by atoms with Gasteiger partial charge in [0.1, 0.15) is 17.4 Å². The summed E-state index contributed by atoms with van der Waals surface area (Å²) in [5, 5.41) is 0. The van der Waals surface area contributed by atoms with Gasteiger partial charge < -0.3 is 19.3 Å². The second-order valence-corrected chi connectivity index (χ2v) is 7.61. The Labute approximate surface area is 163 Å². The summed E-state index contributed by atoms with van der Waals surface area (Å²) in [5.41, 5.74) is 0.636. The lowest BCUT2D eigenvalue weighted by Crippen LogP contribution is -2.56. The van der Waals surface area contributed by atoms with Crippen LogP contribution in [-0.2, 0) is 4.74 Å². The van der Waals surface area contributed by atoms with Gasteiger partial charge >= 0.3 is 0 Å². The molecule has 2 fully saturated rings. The largest absolute Gasteiger partial charge is 0.439 e. The molecule has 1 aromatic heterocycles. The highest BCUT2D eigenvalue weighted by Crippen LogP contribution is 2.32. The van der Waals surface area contributed by atoms with Crippen molar-refractivity contribution >= 4 is 5.95 Å².